The summed E-state index contributed by atoms with van der Waals surface area (Å²) in [6, 6.07) is 1.87. The third-order valence-corrected chi connectivity index (χ3v) is 1.80. The van der Waals surface area contributed by atoms with Gasteiger partial charge in [0.25, 0.3) is 0 Å². The van der Waals surface area contributed by atoms with Crippen molar-refractivity contribution in [1.82, 2.24) is 9.97 Å². The molecule has 1 heterocycles. The van der Waals surface area contributed by atoms with Gasteiger partial charge in [0.2, 0.25) is 0 Å². The van der Waals surface area contributed by atoms with Crippen LogP contribution < -0.4 is 0 Å². The van der Waals surface area contributed by atoms with Gasteiger partial charge in [0, 0.05) is 11.1 Å². The Hall–Kier alpha value is -0.700. The second kappa shape index (κ2) is 2.98. The molecule has 1 aromatic heterocycles. The van der Waals surface area contributed by atoms with Crippen LogP contribution in [0.15, 0.2) is 6.07 Å². The van der Waals surface area contributed by atoms with E-state index >= 15 is 0 Å². The lowest BCUT2D eigenvalue weighted by Gasteiger charge is -2.17. The lowest BCUT2D eigenvalue weighted by molar-refractivity contribution is 0.542. The van der Waals surface area contributed by atoms with Gasteiger partial charge in [0.05, 0.1) is 0 Å². The number of nitrogens with zero attached hydrogens (tertiary/aromatic N) is 1. The van der Waals surface area contributed by atoms with Crippen molar-refractivity contribution in [2.45, 2.75) is 33.1 Å². The molecule has 0 aromatic carbocycles. The van der Waals surface area contributed by atoms with Gasteiger partial charge in [-0.05, 0) is 13.0 Å². The number of rotatable bonds is 0. The van der Waals surface area contributed by atoms with E-state index in [0.717, 1.165) is 11.5 Å². The predicted molar refractivity (Wildman–Crippen MR) is 52.9 cm³/mol. The molecule has 2 nitrogen and oxygen atoms in total. The predicted octanol–water partition coefficient (Wildman–Crippen LogP) is 2.75. The Morgan fingerprint density at radius 2 is 2.00 bits per heavy atom. The van der Waals surface area contributed by atoms with Gasteiger partial charge >= 0.3 is 0 Å². The monoisotopic (exact) mass is 182 g/mol. The molecule has 0 radical (unpaired) electrons. The highest BCUT2D eigenvalue weighted by Crippen LogP contribution is 2.17. The third kappa shape index (κ3) is 2.14. The molecule has 1 aromatic rings. The van der Waals surface area contributed by atoms with Crippen molar-refractivity contribution in [3.05, 3.63) is 22.2 Å². The lowest BCUT2D eigenvalue weighted by Crippen LogP contribution is -2.16. The fourth-order valence-electron chi connectivity index (χ4n) is 0.934. The van der Waals surface area contributed by atoms with Gasteiger partial charge in [-0.2, -0.15) is 0 Å². The van der Waals surface area contributed by atoms with Gasteiger partial charge in [-0.3, -0.25) is 0 Å². The van der Waals surface area contributed by atoms with Gasteiger partial charge in [0.15, 0.2) is 0 Å². The standard InChI is InChI=1S/C9H14N2S/c1-6-5-7(12)11-8(10-6)9(2,3)4/h5H,1-4H3,(H,10,11,12). The van der Waals surface area contributed by atoms with E-state index in [1.807, 2.05) is 13.0 Å². The molecule has 1 rings (SSSR count). The summed E-state index contributed by atoms with van der Waals surface area (Å²) in [5.74, 6) is 0.951. The van der Waals surface area contributed by atoms with E-state index in [2.05, 4.69) is 30.7 Å². The summed E-state index contributed by atoms with van der Waals surface area (Å²) in [6.07, 6.45) is 0. The minimum absolute atomic E-state index is 0.0413. The van der Waals surface area contributed by atoms with Crippen LogP contribution in [0.3, 0.4) is 0 Å². The van der Waals surface area contributed by atoms with Crippen molar-refractivity contribution in [3.8, 4) is 0 Å². The molecule has 0 saturated carbocycles. The fourth-order valence-corrected chi connectivity index (χ4v) is 1.20. The number of aryl methyl sites for hydroxylation is 1. The lowest BCUT2D eigenvalue weighted by atomic mass is 9.96. The Morgan fingerprint density at radius 3 is 2.42 bits per heavy atom. The summed E-state index contributed by atoms with van der Waals surface area (Å²) < 4.78 is 0.663. The summed E-state index contributed by atoms with van der Waals surface area (Å²) in [5, 5.41) is 0. The second-order valence-electron chi connectivity index (χ2n) is 4.00. The van der Waals surface area contributed by atoms with Gasteiger partial charge in [-0.1, -0.05) is 33.0 Å². The molecule has 12 heavy (non-hydrogen) atoms. The minimum Gasteiger partial charge on any atom is -0.347 e. The summed E-state index contributed by atoms with van der Waals surface area (Å²) >= 11 is 5.02. The van der Waals surface area contributed by atoms with Crippen molar-refractivity contribution in [3.63, 3.8) is 0 Å². The molecule has 0 aliphatic carbocycles. The Bertz CT molecular complexity index is 333. The molecule has 0 spiro atoms. The van der Waals surface area contributed by atoms with E-state index in [1.54, 1.807) is 0 Å². The molecule has 3 heteroatoms. The van der Waals surface area contributed by atoms with Gasteiger partial charge in [-0.25, -0.2) is 4.98 Å². The maximum Gasteiger partial charge on any atom is 0.130 e. The van der Waals surface area contributed by atoms with E-state index in [9.17, 15) is 0 Å². The highest BCUT2D eigenvalue weighted by molar-refractivity contribution is 7.71. The summed E-state index contributed by atoms with van der Waals surface area (Å²) in [5.41, 5.74) is 1.11. The van der Waals surface area contributed by atoms with E-state index in [4.69, 9.17) is 12.2 Å². The van der Waals surface area contributed by atoms with E-state index in [0.29, 0.717) is 4.64 Å². The first-order chi connectivity index (χ1) is 5.39. The molecule has 1 N–H and O–H groups in total. The Kier molecular flexibility index (Phi) is 2.33. The normalized spacial score (nSPS) is 11.7. The van der Waals surface area contributed by atoms with E-state index in [-0.39, 0.29) is 5.41 Å². The number of aromatic nitrogens is 2. The molecule has 0 fully saturated rings. The Balaban J connectivity index is 3.27. The van der Waals surface area contributed by atoms with Crippen molar-refractivity contribution >= 4 is 12.2 Å². The van der Waals surface area contributed by atoms with Crippen LogP contribution in [0.2, 0.25) is 0 Å². The number of aromatic amines is 1. The number of hydrogen-bond donors (Lipinski definition) is 1. The SMILES string of the molecule is Cc1cc(=S)nc(C(C)(C)C)[nH]1. The fraction of sp³-hybridized carbons (Fsp3) is 0.556. The van der Waals surface area contributed by atoms with Crippen LogP contribution in [-0.4, -0.2) is 9.97 Å². The maximum absolute atomic E-state index is 5.02. The quantitative estimate of drug-likeness (QED) is 0.625. The smallest absolute Gasteiger partial charge is 0.130 e. The van der Waals surface area contributed by atoms with Crippen LogP contribution >= 0.6 is 12.2 Å². The van der Waals surface area contributed by atoms with Crippen LogP contribution in [0.5, 0.6) is 0 Å². The maximum atomic E-state index is 5.02. The van der Waals surface area contributed by atoms with Gasteiger partial charge in [-0.15, -0.1) is 0 Å². The first kappa shape index (κ1) is 9.39. The molecular weight excluding hydrogens is 168 g/mol. The zero-order chi connectivity index (χ0) is 9.35. The van der Waals surface area contributed by atoms with Crippen LogP contribution in [0, 0.1) is 11.6 Å². The molecule has 0 aliphatic rings. The highest BCUT2D eigenvalue weighted by atomic mass is 32.1. The van der Waals surface area contributed by atoms with Gasteiger partial charge in [0.1, 0.15) is 10.5 Å². The number of H-pyrrole nitrogens is 1. The largest absolute Gasteiger partial charge is 0.347 e. The van der Waals surface area contributed by atoms with Crippen molar-refractivity contribution in [2.75, 3.05) is 0 Å². The summed E-state index contributed by atoms with van der Waals surface area (Å²) in [6.45, 7) is 8.33. The van der Waals surface area contributed by atoms with E-state index < -0.39 is 0 Å². The molecule has 0 atom stereocenters. The molecule has 0 amide bonds. The second-order valence-corrected chi connectivity index (χ2v) is 4.42. The van der Waals surface area contributed by atoms with Crippen LogP contribution in [0.25, 0.3) is 0 Å². The van der Waals surface area contributed by atoms with Crippen molar-refractivity contribution in [1.29, 1.82) is 0 Å². The molecule has 66 valence electrons. The molecule has 0 saturated heterocycles. The molecular formula is C9H14N2S. The topological polar surface area (TPSA) is 28.7 Å². The highest BCUT2D eigenvalue weighted by Gasteiger charge is 2.15. The van der Waals surface area contributed by atoms with Crippen molar-refractivity contribution in [2.24, 2.45) is 0 Å². The van der Waals surface area contributed by atoms with Crippen LogP contribution in [-0.2, 0) is 5.41 Å². The van der Waals surface area contributed by atoms with Crippen molar-refractivity contribution < 1.29 is 0 Å². The molecule has 0 unspecified atom stereocenters. The zero-order valence-corrected chi connectivity index (χ0v) is 8.75. The average Bonchev–Trinajstić information content (AvgIpc) is 1.82. The van der Waals surface area contributed by atoms with Gasteiger partial charge < -0.3 is 4.98 Å². The zero-order valence-electron chi connectivity index (χ0n) is 7.93. The molecule has 0 bridgehead atoms. The van der Waals surface area contributed by atoms with Crippen LogP contribution in [0.4, 0.5) is 0 Å². The van der Waals surface area contributed by atoms with Crippen LogP contribution in [0.1, 0.15) is 32.3 Å². The average molecular weight is 182 g/mol. The summed E-state index contributed by atoms with van der Waals surface area (Å²) in [7, 11) is 0. The Morgan fingerprint density at radius 1 is 1.42 bits per heavy atom. The minimum atomic E-state index is 0.0413. The number of nitrogens with one attached hydrogen (secondary N) is 1. The first-order valence-corrected chi connectivity index (χ1v) is 4.39. The van der Waals surface area contributed by atoms with E-state index in [1.165, 1.54) is 0 Å². The summed E-state index contributed by atoms with van der Waals surface area (Å²) in [4.78, 5) is 7.47. The third-order valence-electron chi connectivity index (χ3n) is 1.59. The Labute approximate surface area is 78.1 Å². The first-order valence-electron chi connectivity index (χ1n) is 3.98. The molecule has 0 aliphatic heterocycles. The number of hydrogen-bond acceptors (Lipinski definition) is 2.